The molecule has 0 aliphatic heterocycles. The van der Waals surface area contributed by atoms with Gasteiger partial charge in [-0.3, -0.25) is 0 Å². The molecular weight excluding hydrogens is 344 g/mol. The van der Waals surface area contributed by atoms with E-state index in [-0.39, 0.29) is 16.5 Å². The summed E-state index contributed by atoms with van der Waals surface area (Å²) in [7, 11) is -3.47. The second kappa shape index (κ2) is 5.45. The second-order valence-corrected chi connectivity index (χ2v) is 7.13. The molecule has 108 valence electrons. The Morgan fingerprint density at radius 2 is 2.15 bits per heavy atom. The molecule has 2 aromatic rings. The SMILES string of the molecule is CCNc1nn(-c2cccc(Br)c2)c(N)c1S(C)(=O)=O. The topological polar surface area (TPSA) is 90.0 Å². The number of nitrogens with zero attached hydrogens (tertiary/aromatic N) is 2. The van der Waals surface area contributed by atoms with Crippen molar-refractivity contribution in [2.24, 2.45) is 0 Å². The zero-order valence-corrected chi connectivity index (χ0v) is 13.5. The minimum absolute atomic E-state index is 0.0272. The van der Waals surface area contributed by atoms with Gasteiger partial charge < -0.3 is 11.1 Å². The molecule has 0 amide bonds. The van der Waals surface area contributed by atoms with Crippen LogP contribution in [0, 0.1) is 0 Å². The molecule has 6 nitrogen and oxygen atoms in total. The van der Waals surface area contributed by atoms with Gasteiger partial charge in [0.15, 0.2) is 20.6 Å². The summed E-state index contributed by atoms with van der Waals surface area (Å²) in [5, 5.41) is 7.18. The summed E-state index contributed by atoms with van der Waals surface area (Å²) < 4.78 is 26.0. The van der Waals surface area contributed by atoms with Gasteiger partial charge in [0.2, 0.25) is 0 Å². The van der Waals surface area contributed by atoms with Gasteiger partial charge in [0.25, 0.3) is 0 Å². The first-order valence-corrected chi connectivity index (χ1v) is 8.61. The van der Waals surface area contributed by atoms with Gasteiger partial charge in [0.1, 0.15) is 5.82 Å². The molecule has 0 bridgehead atoms. The van der Waals surface area contributed by atoms with E-state index in [4.69, 9.17) is 5.73 Å². The number of hydrogen-bond acceptors (Lipinski definition) is 5. The number of halogens is 1. The lowest BCUT2D eigenvalue weighted by Gasteiger charge is -2.04. The minimum atomic E-state index is -3.47. The quantitative estimate of drug-likeness (QED) is 0.872. The molecule has 0 saturated carbocycles. The van der Waals surface area contributed by atoms with Crippen molar-refractivity contribution in [1.29, 1.82) is 0 Å². The number of hydrogen-bond donors (Lipinski definition) is 2. The number of nitrogens with two attached hydrogens (primary N) is 1. The van der Waals surface area contributed by atoms with E-state index in [0.717, 1.165) is 10.7 Å². The second-order valence-electron chi connectivity index (χ2n) is 4.26. The van der Waals surface area contributed by atoms with Crippen LogP contribution in [0.2, 0.25) is 0 Å². The fourth-order valence-corrected chi connectivity index (χ4v) is 3.19. The maximum absolute atomic E-state index is 11.9. The van der Waals surface area contributed by atoms with Crippen LogP contribution in [0.5, 0.6) is 0 Å². The van der Waals surface area contributed by atoms with Crippen molar-refractivity contribution in [2.75, 3.05) is 23.9 Å². The third kappa shape index (κ3) is 2.80. The van der Waals surface area contributed by atoms with Crippen molar-refractivity contribution in [2.45, 2.75) is 11.8 Å². The molecule has 1 aromatic heterocycles. The highest BCUT2D eigenvalue weighted by atomic mass is 79.9. The molecule has 0 aliphatic rings. The van der Waals surface area contributed by atoms with E-state index in [2.05, 4.69) is 26.3 Å². The minimum Gasteiger partial charge on any atom is -0.382 e. The molecule has 20 heavy (non-hydrogen) atoms. The van der Waals surface area contributed by atoms with Crippen LogP contribution in [0.4, 0.5) is 11.6 Å². The first-order valence-electron chi connectivity index (χ1n) is 5.93. The van der Waals surface area contributed by atoms with Crippen molar-refractivity contribution in [1.82, 2.24) is 9.78 Å². The molecule has 8 heteroatoms. The predicted molar refractivity (Wildman–Crippen MR) is 82.9 cm³/mol. The van der Waals surface area contributed by atoms with Gasteiger partial charge in [0.05, 0.1) is 5.69 Å². The summed E-state index contributed by atoms with van der Waals surface area (Å²) in [5.74, 6) is 0.369. The lowest BCUT2D eigenvalue weighted by atomic mass is 10.3. The zero-order chi connectivity index (χ0) is 14.9. The molecule has 1 aromatic carbocycles. The van der Waals surface area contributed by atoms with Crippen molar-refractivity contribution < 1.29 is 8.42 Å². The number of sulfone groups is 1. The Bertz CT molecular complexity index is 740. The number of anilines is 2. The predicted octanol–water partition coefficient (Wildman–Crippen LogP) is 2.05. The Kier molecular flexibility index (Phi) is 4.05. The average Bonchev–Trinajstić information content (AvgIpc) is 2.66. The fraction of sp³-hybridized carbons (Fsp3) is 0.250. The summed E-state index contributed by atoms with van der Waals surface area (Å²) in [4.78, 5) is 0.0272. The summed E-state index contributed by atoms with van der Waals surface area (Å²) in [6, 6.07) is 7.31. The Morgan fingerprint density at radius 3 is 2.70 bits per heavy atom. The molecule has 1 heterocycles. The maximum Gasteiger partial charge on any atom is 0.182 e. The molecule has 0 fully saturated rings. The highest BCUT2D eigenvalue weighted by molar-refractivity contribution is 9.10. The van der Waals surface area contributed by atoms with Gasteiger partial charge in [-0.25, -0.2) is 13.1 Å². The number of nitrogen functional groups attached to an aromatic ring is 1. The largest absolute Gasteiger partial charge is 0.382 e. The summed E-state index contributed by atoms with van der Waals surface area (Å²) in [6.07, 6.45) is 1.12. The van der Waals surface area contributed by atoms with E-state index in [9.17, 15) is 8.42 Å². The number of aromatic nitrogens is 2. The number of rotatable bonds is 4. The van der Waals surface area contributed by atoms with Crippen molar-refractivity contribution in [3.8, 4) is 5.69 Å². The Morgan fingerprint density at radius 1 is 1.45 bits per heavy atom. The molecule has 3 N–H and O–H groups in total. The first kappa shape index (κ1) is 14.9. The van der Waals surface area contributed by atoms with Crippen molar-refractivity contribution >= 4 is 37.4 Å². The van der Waals surface area contributed by atoms with Crippen LogP contribution in [0.25, 0.3) is 5.69 Å². The van der Waals surface area contributed by atoms with Crippen LogP contribution in [-0.2, 0) is 9.84 Å². The highest BCUT2D eigenvalue weighted by Crippen LogP contribution is 2.30. The Balaban J connectivity index is 2.68. The molecule has 0 radical (unpaired) electrons. The van der Waals surface area contributed by atoms with E-state index in [0.29, 0.717) is 12.2 Å². The lowest BCUT2D eigenvalue weighted by molar-refractivity contribution is 0.602. The molecule has 0 spiro atoms. The monoisotopic (exact) mass is 358 g/mol. The first-order chi connectivity index (χ1) is 9.34. The standard InChI is InChI=1S/C12H15BrN4O2S/c1-3-15-12-10(20(2,18)19)11(14)17(16-12)9-6-4-5-8(13)7-9/h4-7H,3,14H2,1-2H3,(H,15,16). The lowest BCUT2D eigenvalue weighted by Crippen LogP contribution is -2.06. The van der Waals surface area contributed by atoms with Gasteiger partial charge in [0, 0.05) is 17.3 Å². The molecule has 0 aliphatic carbocycles. The average molecular weight is 359 g/mol. The van der Waals surface area contributed by atoms with E-state index < -0.39 is 9.84 Å². The van der Waals surface area contributed by atoms with Crippen LogP contribution >= 0.6 is 15.9 Å². The van der Waals surface area contributed by atoms with E-state index in [1.165, 1.54) is 4.68 Å². The molecular formula is C12H15BrN4O2S. The zero-order valence-electron chi connectivity index (χ0n) is 11.1. The van der Waals surface area contributed by atoms with Crippen LogP contribution < -0.4 is 11.1 Å². The summed E-state index contributed by atoms with van der Waals surface area (Å²) in [5.41, 5.74) is 6.65. The normalized spacial score (nSPS) is 11.6. The third-order valence-electron chi connectivity index (χ3n) is 2.64. The maximum atomic E-state index is 11.9. The fourth-order valence-electron chi connectivity index (χ4n) is 1.87. The van der Waals surface area contributed by atoms with Gasteiger partial charge in [-0.15, -0.1) is 5.10 Å². The van der Waals surface area contributed by atoms with Crippen molar-refractivity contribution in [3.63, 3.8) is 0 Å². The van der Waals surface area contributed by atoms with Gasteiger partial charge in [-0.1, -0.05) is 22.0 Å². The molecule has 0 unspecified atom stereocenters. The van der Waals surface area contributed by atoms with Crippen LogP contribution in [0.1, 0.15) is 6.92 Å². The van der Waals surface area contributed by atoms with Gasteiger partial charge in [-0.05, 0) is 25.1 Å². The van der Waals surface area contributed by atoms with E-state index in [1.807, 2.05) is 25.1 Å². The number of nitrogens with one attached hydrogen (secondary N) is 1. The molecule has 0 saturated heterocycles. The van der Waals surface area contributed by atoms with Crippen LogP contribution in [-0.4, -0.2) is 31.0 Å². The highest BCUT2D eigenvalue weighted by Gasteiger charge is 2.24. The van der Waals surface area contributed by atoms with Gasteiger partial charge in [-0.2, -0.15) is 0 Å². The Hall–Kier alpha value is -1.54. The van der Waals surface area contributed by atoms with Crippen LogP contribution in [0.3, 0.4) is 0 Å². The Labute approximate surface area is 126 Å². The van der Waals surface area contributed by atoms with Gasteiger partial charge >= 0.3 is 0 Å². The summed E-state index contributed by atoms with van der Waals surface area (Å²) in [6.45, 7) is 2.41. The van der Waals surface area contributed by atoms with E-state index in [1.54, 1.807) is 6.07 Å². The smallest absolute Gasteiger partial charge is 0.182 e. The molecule has 2 rings (SSSR count). The number of benzene rings is 1. The molecule has 0 atom stereocenters. The van der Waals surface area contributed by atoms with Crippen molar-refractivity contribution in [3.05, 3.63) is 28.7 Å². The van der Waals surface area contributed by atoms with E-state index >= 15 is 0 Å². The van der Waals surface area contributed by atoms with Crippen LogP contribution in [0.15, 0.2) is 33.6 Å². The summed E-state index contributed by atoms with van der Waals surface area (Å²) >= 11 is 3.36. The third-order valence-corrected chi connectivity index (χ3v) is 4.28.